The zero-order valence-electron chi connectivity index (χ0n) is 15.0. The molecule has 0 atom stereocenters. The third-order valence-corrected chi connectivity index (χ3v) is 4.47. The van der Waals surface area contributed by atoms with Gasteiger partial charge in [0.05, 0.1) is 17.7 Å². The van der Waals surface area contributed by atoms with Crippen LogP contribution in [-0.4, -0.2) is 52.0 Å². The molecule has 0 aliphatic carbocycles. The molecule has 6 nitrogen and oxygen atoms in total. The Hall–Kier alpha value is -2.42. The van der Waals surface area contributed by atoms with Gasteiger partial charge in [-0.2, -0.15) is 18.2 Å². The Kier molecular flexibility index (Phi) is 5.79. The van der Waals surface area contributed by atoms with Crippen LogP contribution in [0.4, 0.5) is 13.2 Å². The third kappa shape index (κ3) is 4.65. The molecule has 1 aromatic heterocycles. The molecule has 1 fully saturated rings. The molecular formula is C18H21F3N4O2. The molecule has 27 heavy (non-hydrogen) atoms. The summed E-state index contributed by atoms with van der Waals surface area (Å²) >= 11 is 0. The van der Waals surface area contributed by atoms with Crippen molar-refractivity contribution in [1.82, 2.24) is 19.9 Å². The summed E-state index contributed by atoms with van der Waals surface area (Å²) in [5, 5.41) is 3.90. The Labute approximate surface area is 154 Å². The number of alkyl halides is 3. The number of nitrogens with zero attached hydrogens (tertiary/aromatic N) is 4. The molecule has 1 saturated heterocycles. The molecule has 0 bridgehead atoms. The summed E-state index contributed by atoms with van der Waals surface area (Å²) < 4.78 is 44.6. The van der Waals surface area contributed by atoms with Gasteiger partial charge < -0.3 is 9.42 Å². The van der Waals surface area contributed by atoms with Crippen LogP contribution in [0.5, 0.6) is 0 Å². The van der Waals surface area contributed by atoms with E-state index in [-0.39, 0.29) is 5.56 Å². The van der Waals surface area contributed by atoms with Crippen LogP contribution >= 0.6 is 0 Å². The minimum absolute atomic E-state index is 0.306. The average molecular weight is 382 g/mol. The highest BCUT2D eigenvalue weighted by Crippen LogP contribution is 2.32. The van der Waals surface area contributed by atoms with Crippen molar-refractivity contribution in [2.24, 2.45) is 0 Å². The topological polar surface area (TPSA) is 62.5 Å². The van der Waals surface area contributed by atoms with Gasteiger partial charge in [-0.25, -0.2) is 0 Å². The van der Waals surface area contributed by atoms with Crippen molar-refractivity contribution < 1.29 is 22.5 Å². The molecule has 0 radical (unpaired) electrons. The van der Waals surface area contributed by atoms with E-state index in [1.54, 1.807) is 0 Å². The van der Waals surface area contributed by atoms with Crippen LogP contribution in [0.3, 0.4) is 0 Å². The number of aryl methyl sites for hydroxylation is 1. The van der Waals surface area contributed by atoms with Gasteiger partial charge in [0.2, 0.25) is 5.89 Å². The number of hydrogen-bond acceptors (Lipinski definition) is 5. The van der Waals surface area contributed by atoms with E-state index in [0.29, 0.717) is 44.4 Å². The zero-order valence-corrected chi connectivity index (χ0v) is 15.0. The van der Waals surface area contributed by atoms with Crippen molar-refractivity contribution in [3.8, 4) is 0 Å². The number of hydrogen-bond donors (Lipinski definition) is 0. The van der Waals surface area contributed by atoms with E-state index in [2.05, 4.69) is 10.1 Å². The molecule has 3 rings (SSSR count). The lowest BCUT2D eigenvalue weighted by Crippen LogP contribution is -2.48. The number of piperazine rings is 1. The second-order valence-electron chi connectivity index (χ2n) is 6.47. The first-order valence-corrected chi connectivity index (χ1v) is 8.87. The summed E-state index contributed by atoms with van der Waals surface area (Å²) in [7, 11) is 0. The van der Waals surface area contributed by atoms with Crippen LogP contribution in [0.2, 0.25) is 0 Å². The maximum atomic E-state index is 13.1. The van der Waals surface area contributed by atoms with Crippen molar-refractivity contribution in [1.29, 1.82) is 0 Å². The zero-order chi connectivity index (χ0) is 19.4. The molecule has 0 N–H and O–H groups in total. The second-order valence-corrected chi connectivity index (χ2v) is 6.47. The van der Waals surface area contributed by atoms with Crippen LogP contribution in [-0.2, 0) is 19.1 Å². The standard InChI is InChI=1S/C18H21F3N4O2/c1-2-5-15-22-16(27-23-15)12-24-8-10-25(11-9-24)17(26)13-6-3-4-7-14(13)18(19,20)21/h3-4,6-7H,2,5,8-12H2,1H3. The van der Waals surface area contributed by atoms with Crippen LogP contribution < -0.4 is 0 Å². The van der Waals surface area contributed by atoms with Crippen molar-refractivity contribution >= 4 is 5.91 Å². The Morgan fingerprint density at radius 1 is 1.19 bits per heavy atom. The normalized spacial score (nSPS) is 15.9. The van der Waals surface area contributed by atoms with Crippen molar-refractivity contribution in [2.75, 3.05) is 26.2 Å². The highest BCUT2D eigenvalue weighted by Gasteiger charge is 2.36. The van der Waals surface area contributed by atoms with E-state index in [9.17, 15) is 18.0 Å². The Morgan fingerprint density at radius 2 is 1.89 bits per heavy atom. The van der Waals surface area contributed by atoms with Gasteiger partial charge in [-0.05, 0) is 18.6 Å². The Balaban J connectivity index is 1.60. The molecule has 146 valence electrons. The number of carbonyl (C=O) groups excluding carboxylic acids is 1. The molecule has 9 heteroatoms. The largest absolute Gasteiger partial charge is 0.417 e. The van der Waals surface area contributed by atoms with E-state index < -0.39 is 17.6 Å². The van der Waals surface area contributed by atoms with Crippen LogP contribution in [0.1, 0.15) is 41.0 Å². The van der Waals surface area contributed by atoms with Gasteiger partial charge in [-0.15, -0.1) is 0 Å². The number of amides is 1. The lowest BCUT2D eigenvalue weighted by atomic mass is 10.1. The molecule has 0 spiro atoms. The summed E-state index contributed by atoms with van der Waals surface area (Å²) in [4.78, 5) is 20.4. The quantitative estimate of drug-likeness (QED) is 0.796. The van der Waals surface area contributed by atoms with Crippen LogP contribution in [0.15, 0.2) is 28.8 Å². The average Bonchev–Trinajstić information content (AvgIpc) is 3.08. The van der Waals surface area contributed by atoms with Gasteiger partial charge >= 0.3 is 6.18 Å². The summed E-state index contributed by atoms with van der Waals surface area (Å²) in [5.74, 6) is 0.594. The fraction of sp³-hybridized carbons (Fsp3) is 0.500. The minimum Gasteiger partial charge on any atom is -0.338 e. The van der Waals surface area contributed by atoms with Crippen molar-refractivity contribution in [2.45, 2.75) is 32.5 Å². The molecule has 1 aliphatic heterocycles. The number of aromatic nitrogens is 2. The van der Waals surface area contributed by atoms with E-state index in [1.807, 2.05) is 11.8 Å². The summed E-state index contributed by atoms with van der Waals surface area (Å²) in [6.07, 6.45) is -2.87. The monoisotopic (exact) mass is 382 g/mol. The predicted molar refractivity (Wildman–Crippen MR) is 90.9 cm³/mol. The van der Waals surface area contributed by atoms with E-state index in [0.717, 1.165) is 18.9 Å². The molecule has 1 aromatic carbocycles. The molecule has 0 saturated carbocycles. The van der Waals surface area contributed by atoms with Gasteiger partial charge in [0.15, 0.2) is 5.82 Å². The fourth-order valence-electron chi connectivity index (χ4n) is 3.07. The highest BCUT2D eigenvalue weighted by molar-refractivity contribution is 5.96. The summed E-state index contributed by atoms with van der Waals surface area (Å²) in [6.45, 7) is 4.26. The van der Waals surface area contributed by atoms with E-state index in [1.165, 1.54) is 23.1 Å². The first-order chi connectivity index (χ1) is 12.9. The lowest BCUT2D eigenvalue weighted by Gasteiger charge is -2.34. The smallest absolute Gasteiger partial charge is 0.338 e. The molecule has 1 aliphatic rings. The lowest BCUT2D eigenvalue weighted by molar-refractivity contribution is -0.138. The molecule has 2 aromatic rings. The van der Waals surface area contributed by atoms with Gasteiger partial charge in [0.25, 0.3) is 5.91 Å². The molecule has 1 amide bonds. The third-order valence-electron chi connectivity index (χ3n) is 4.47. The highest BCUT2D eigenvalue weighted by atomic mass is 19.4. The minimum atomic E-state index is -4.55. The molecule has 2 heterocycles. The maximum Gasteiger partial charge on any atom is 0.417 e. The van der Waals surface area contributed by atoms with Crippen LogP contribution in [0.25, 0.3) is 0 Å². The van der Waals surface area contributed by atoms with Crippen LogP contribution in [0, 0.1) is 0 Å². The van der Waals surface area contributed by atoms with Crippen molar-refractivity contribution in [3.63, 3.8) is 0 Å². The first kappa shape index (κ1) is 19.3. The first-order valence-electron chi connectivity index (χ1n) is 8.87. The molecular weight excluding hydrogens is 361 g/mol. The SMILES string of the molecule is CCCc1noc(CN2CCN(C(=O)c3ccccc3C(F)(F)F)CC2)n1. The van der Waals surface area contributed by atoms with Gasteiger partial charge in [-0.3, -0.25) is 9.69 Å². The summed E-state index contributed by atoms with van der Waals surface area (Å²) in [6, 6.07) is 4.90. The Bertz CT molecular complexity index is 783. The summed E-state index contributed by atoms with van der Waals surface area (Å²) in [5.41, 5.74) is -1.20. The number of halogens is 3. The second kappa shape index (κ2) is 8.08. The number of carbonyl (C=O) groups is 1. The van der Waals surface area contributed by atoms with Gasteiger partial charge in [0.1, 0.15) is 0 Å². The van der Waals surface area contributed by atoms with E-state index in [4.69, 9.17) is 4.52 Å². The maximum absolute atomic E-state index is 13.1. The fourth-order valence-corrected chi connectivity index (χ4v) is 3.07. The number of rotatable bonds is 5. The number of benzene rings is 1. The van der Waals surface area contributed by atoms with E-state index >= 15 is 0 Å². The van der Waals surface area contributed by atoms with Crippen molar-refractivity contribution in [3.05, 3.63) is 47.1 Å². The Morgan fingerprint density at radius 3 is 2.56 bits per heavy atom. The van der Waals surface area contributed by atoms with Gasteiger partial charge in [0, 0.05) is 32.6 Å². The van der Waals surface area contributed by atoms with Gasteiger partial charge in [-0.1, -0.05) is 24.2 Å². The molecule has 0 unspecified atom stereocenters. The predicted octanol–water partition coefficient (Wildman–Crippen LogP) is 3.00.